The van der Waals surface area contributed by atoms with E-state index in [2.05, 4.69) is 27.4 Å². The van der Waals surface area contributed by atoms with Crippen molar-refractivity contribution in [3.8, 4) is 0 Å². The van der Waals surface area contributed by atoms with Gasteiger partial charge in [-0.1, -0.05) is 37.3 Å². The Balaban J connectivity index is 1.58. The van der Waals surface area contributed by atoms with Crippen molar-refractivity contribution in [1.82, 2.24) is 14.7 Å². The molecule has 26 heavy (non-hydrogen) atoms. The zero-order valence-corrected chi connectivity index (χ0v) is 15.6. The van der Waals surface area contributed by atoms with Crippen LogP contribution in [0.3, 0.4) is 0 Å². The van der Waals surface area contributed by atoms with Crippen molar-refractivity contribution in [2.24, 2.45) is 7.05 Å². The zero-order chi connectivity index (χ0) is 18.6. The van der Waals surface area contributed by atoms with Crippen LogP contribution < -0.4 is 5.32 Å². The van der Waals surface area contributed by atoms with E-state index >= 15 is 0 Å². The van der Waals surface area contributed by atoms with Gasteiger partial charge in [0.2, 0.25) is 5.91 Å². The monoisotopic (exact) mass is 356 g/mol. The lowest BCUT2D eigenvalue weighted by Gasteiger charge is -2.39. The number of piperidine rings is 1. The van der Waals surface area contributed by atoms with Crippen LogP contribution in [0, 0.1) is 0 Å². The Morgan fingerprint density at radius 1 is 1.35 bits per heavy atom. The fourth-order valence-corrected chi connectivity index (χ4v) is 3.63. The third-order valence-corrected chi connectivity index (χ3v) is 4.93. The van der Waals surface area contributed by atoms with Gasteiger partial charge in [-0.15, -0.1) is 0 Å². The molecule has 2 heterocycles. The number of carbonyl (C=O) groups excluding carboxylic acids is 1. The number of aromatic nitrogens is 2. The number of hydrogen-bond donors (Lipinski definition) is 2. The average Bonchev–Trinajstić information content (AvgIpc) is 2.95. The van der Waals surface area contributed by atoms with E-state index in [0.717, 1.165) is 31.6 Å². The summed E-state index contributed by atoms with van der Waals surface area (Å²) in [6, 6.07) is 12.1. The molecule has 1 aromatic heterocycles. The number of aryl methyl sites for hydroxylation is 2. The number of nitrogens with one attached hydrogen (secondary N) is 1. The topological polar surface area (TPSA) is 70.4 Å². The van der Waals surface area contributed by atoms with Crippen molar-refractivity contribution in [3.63, 3.8) is 0 Å². The van der Waals surface area contributed by atoms with E-state index < -0.39 is 5.60 Å². The quantitative estimate of drug-likeness (QED) is 0.833. The number of carbonyl (C=O) groups is 1. The van der Waals surface area contributed by atoms with E-state index in [4.69, 9.17) is 0 Å². The minimum absolute atomic E-state index is 0.102. The summed E-state index contributed by atoms with van der Waals surface area (Å²) in [5.74, 6) is 0.507. The van der Waals surface area contributed by atoms with Crippen LogP contribution in [0.2, 0.25) is 0 Å². The van der Waals surface area contributed by atoms with Gasteiger partial charge in [0.25, 0.3) is 0 Å². The van der Waals surface area contributed by atoms with E-state index in [1.54, 1.807) is 4.68 Å². The molecular weight excluding hydrogens is 328 g/mol. The number of hydrogen-bond acceptors (Lipinski definition) is 4. The van der Waals surface area contributed by atoms with Gasteiger partial charge >= 0.3 is 0 Å². The summed E-state index contributed by atoms with van der Waals surface area (Å²) in [7, 11) is 1.81. The predicted molar refractivity (Wildman–Crippen MR) is 102 cm³/mol. The van der Waals surface area contributed by atoms with Crippen LogP contribution in [-0.4, -0.2) is 44.4 Å². The second kappa shape index (κ2) is 8.01. The predicted octanol–water partition coefficient (Wildman–Crippen LogP) is 2.34. The summed E-state index contributed by atoms with van der Waals surface area (Å²) in [5.41, 5.74) is 1.18. The first-order valence-corrected chi connectivity index (χ1v) is 9.29. The van der Waals surface area contributed by atoms with Crippen LogP contribution >= 0.6 is 0 Å². The van der Waals surface area contributed by atoms with Crippen molar-refractivity contribution < 1.29 is 9.90 Å². The second-order valence-electron chi connectivity index (χ2n) is 7.25. The molecule has 6 nitrogen and oxygen atoms in total. The Hall–Kier alpha value is -2.18. The number of likely N-dealkylation sites (tertiary alicyclic amines) is 1. The summed E-state index contributed by atoms with van der Waals surface area (Å²) >= 11 is 0. The minimum Gasteiger partial charge on any atom is -0.388 e. The van der Waals surface area contributed by atoms with Crippen LogP contribution in [0.1, 0.15) is 37.4 Å². The van der Waals surface area contributed by atoms with Gasteiger partial charge < -0.3 is 10.4 Å². The first-order chi connectivity index (χ1) is 12.5. The van der Waals surface area contributed by atoms with Gasteiger partial charge in [0.1, 0.15) is 5.82 Å². The normalized spacial score (nSPS) is 20.9. The highest BCUT2D eigenvalue weighted by atomic mass is 16.3. The van der Waals surface area contributed by atoms with Gasteiger partial charge in [0, 0.05) is 26.2 Å². The molecule has 1 unspecified atom stereocenters. The molecule has 3 rings (SSSR count). The highest BCUT2D eigenvalue weighted by molar-refractivity contribution is 5.90. The SMILES string of the molecule is CCc1cc(NC(=O)CC2(O)CCCN(Cc3ccccc3)C2)n(C)n1. The van der Waals surface area contributed by atoms with Crippen molar-refractivity contribution in [1.29, 1.82) is 0 Å². The number of rotatable bonds is 6. The molecule has 0 radical (unpaired) electrons. The molecule has 1 atom stereocenters. The molecule has 2 N–H and O–H groups in total. The largest absolute Gasteiger partial charge is 0.388 e. The smallest absolute Gasteiger partial charge is 0.228 e. The third kappa shape index (κ3) is 4.71. The molecule has 0 saturated carbocycles. The molecule has 1 amide bonds. The number of benzene rings is 1. The lowest BCUT2D eigenvalue weighted by Crippen LogP contribution is -2.49. The summed E-state index contributed by atoms with van der Waals surface area (Å²) in [6.07, 6.45) is 2.46. The Morgan fingerprint density at radius 2 is 2.12 bits per heavy atom. The van der Waals surface area contributed by atoms with Gasteiger partial charge in [0.05, 0.1) is 17.7 Å². The maximum absolute atomic E-state index is 12.5. The molecule has 0 bridgehead atoms. The van der Waals surface area contributed by atoms with Gasteiger partial charge in [-0.3, -0.25) is 14.4 Å². The second-order valence-corrected chi connectivity index (χ2v) is 7.25. The lowest BCUT2D eigenvalue weighted by atomic mass is 9.89. The van der Waals surface area contributed by atoms with Crippen LogP contribution in [0.4, 0.5) is 5.82 Å². The summed E-state index contributed by atoms with van der Waals surface area (Å²) in [4.78, 5) is 14.7. The van der Waals surface area contributed by atoms with Crippen molar-refractivity contribution in [3.05, 3.63) is 47.7 Å². The van der Waals surface area contributed by atoms with E-state index in [0.29, 0.717) is 18.8 Å². The maximum Gasteiger partial charge on any atom is 0.228 e. The molecule has 1 aliphatic rings. The first-order valence-electron chi connectivity index (χ1n) is 9.29. The summed E-state index contributed by atoms with van der Waals surface area (Å²) in [6.45, 7) is 4.29. The molecule has 1 saturated heterocycles. The van der Waals surface area contributed by atoms with E-state index in [-0.39, 0.29) is 12.3 Å². The molecule has 6 heteroatoms. The molecule has 1 aliphatic heterocycles. The number of nitrogens with zero attached hydrogens (tertiary/aromatic N) is 3. The molecule has 140 valence electrons. The number of aliphatic hydroxyl groups is 1. The molecule has 1 fully saturated rings. The van der Waals surface area contributed by atoms with E-state index in [1.807, 2.05) is 38.2 Å². The third-order valence-electron chi connectivity index (χ3n) is 4.93. The van der Waals surface area contributed by atoms with Crippen molar-refractivity contribution >= 4 is 11.7 Å². The Kier molecular flexibility index (Phi) is 5.74. The minimum atomic E-state index is -0.983. The summed E-state index contributed by atoms with van der Waals surface area (Å²) in [5, 5.41) is 18.2. The first kappa shape index (κ1) is 18.6. The number of amides is 1. The Bertz CT molecular complexity index is 744. The van der Waals surface area contributed by atoms with Gasteiger partial charge in [-0.2, -0.15) is 5.10 Å². The molecule has 0 spiro atoms. The van der Waals surface area contributed by atoms with Crippen LogP contribution in [0.15, 0.2) is 36.4 Å². The maximum atomic E-state index is 12.5. The summed E-state index contributed by atoms with van der Waals surface area (Å²) < 4.78 is 1.67. The van der Waals surface area contributed by atoms with Crippen LogP contribution in [-0.2, 0) is 24.8 Å². The van der Waals surface area contributed by atoms with Gasteiger partial charge in [-0.05, 0) is 31.4 Å². The molecular formula is C20H28N4O2. The highest BCUT2D eigenvalue weighted by Gasteiger charge is 2.35. The fourth-order valence-electron chi connectivity index (χ4n) is 3.63. The van der Waals surface area contributed by atoms with Crippen LogP contribution in [0.25, 0.3) is 0 Å². The number of anilines is 1. The van der Waals surface area contributed by atoms with Gasteiger partial charge in [0.15, 0.2) is 0 Å². The average molecular weight is 356 g/mol. The molecule has 1 aromatic carbocycles. The fraction of sp³-hybridized carbons (Fsp3) is 0.500. The lowest BCUT2D eigenvalue weighted by molar-refractivity contribution is -0.124. The highest BCUT2D eigenvalue weighted by Crippen LogP contribution is 2.26. The molecule has 0 aliphatic carbocycles. The Morgan fingerprint density at radius 3 is 2.81 bits per heavy atom. The Labute approximate surface area is 154 Å². The number of β-amino-alcohol motifs (C(OH)–C–C–N with tert-alkyl or cyclic N) is 1. The van der Waals surface area contributed by atoms with Crippen molar-refractivity contribution in [2.75, 3.05) is 18.4 Å². The van der Waals surface area contributed by atoms with Crippen LogP contribution in [0.5, 0.6) is 0 Å². The van der Waals surface area contributed by atoms with E-state index in [9.17, 15) is 9.90 Å². The van der Waals surface area contributed by atoms with Crippen molar-refractivity contribution in [2.45, 2.75) is 44.8 Å². The van der Waals surface area contributed by atoms with E-state index in [1.165, 1.54) is 5.56 Å². The van der Waals surface area contributed by atoms with Gasteiger partial charge in [-0.25, -0.2) is 0 Å². The molecule has 2 aromatic rings. The standard InChI is InChI=1S/C20H28N4O2/c1-3-17-12-18(23(2)22-17)21-19(25)13-20(26)10-7-11-24(15-20)14-16-8-5-4-6-9-16/h4-6,8-9,12,26H,3,7,10-11,13-15H2,1-2H3,(H,21,25). The zero-order valence-electron chi connectivity index (χ0n) is 15.6.